The second-order valence-electron chi connectivity index (χ2n) is 2.76. The summed E-state index contributed by atoms with van der Waals surface area (Å²) < 4.78 is 0. The van der Waals surface area contributed by atoms with E-state index in [0.717, 1.165) is 12.8 Å². The average molecular weight is 172 g/mol. The normalized spacial score (nSPS) is 11.8. The summed E-state index contributed by atoms with van der Waals surface area (Å²) in [5.74, 6) is -0.136. The van der Waals surface area contributed by atoms with E-state index in [4.69, 9.17) is 0 Å². The van der Waals surface area contributed by atoms with Gasteiger partial charge in [0, 0.05) is 6.04 Å². The van der Waals surface area contributed by atoms with Gasteiger partial charge >= 0.3 is 0 Å². The fourth-order valence-electron chi connectivity index (χ4n) is 0.965. The summed E-state index contributed by atoms with van der Waals surface area (Å²) >= 11 is 0. The molecule has 0 aliphatic rings. The van der Waals surface area contributed by atoms with Gasteiger partial charge in [-0.2, -0.15) is 0 Å². The minimum absolute atomic E-state index is 0.0670. The first kappa shape index (κ1) is 10.9. The van der Waals surface area contributed by atoms with Gasteiger partial charge in [-0.1, -0.05) is 13.3 Å². The molecule has 0 saturated carbocycles. The number of hydrogen-bond acceptors (Lipinski definition) is 2. The van der Waals surface area contributed by atoms with Crippen molar-refractivity contribution in [1.29, 1.82) is 0 Å². The monoisotopic (exact) mass is 172 g/mol. The number of carbonyl (C=O) groups is 2. The summed E-state index contributed by atoms with van der Waals surface area (Å²) in [6, 6.07) is 0.191. The Morgan fingerprint density at radius 3 is 2.75 bits per heavy atom. The molecule has 0 unspecified atom stereocenters. The Kier molecular flexibility index (Phi) is 6.05. The lowest BCUT2D eigenvalue weighted by atomic mass is 10.2. The number of carbonyl (C=O) groups excluding carboxylic acids is 2. The fourth-order valence-corrected chi connectivity index (χ4v) is 0.965. The van der Waals surface area contributed by atoms with Crippen molar-refractivity contribution in [3.63, 3.8) is 0 Å². The van der Waals surface area contributed by atoms with Crippen LogP contribution in [0.2, 0.25) is 0 Å². The quantitative estimate of drug-likeness (QED) is 0.556. The van der Waals surface area contributed by atoms with Crippen molar-refractivity contribution in [2.24, 2.45) is 0 Å². The second kappa shape index (κ2) is 6.64. The maximum absolute atomic E-state index is 11.0. The number of hydrogen-bond donors (Lipinski definition) is 2. The number of rotatable bonds is 6. The van der Waals surface area contributed by atoms with E-state index in [2.05, 4.69) is 17.6 Å². The first-order chi connectivity index (χ1) is 5.70. The summed E-state index contributed by atoms with van der Waals surface area (Å²) in [5.41, 5.74) is 0. The topological polar surface area (TPSA) is 58.2 Å². The molecule has 0 aromatic heterocycles. The van der Waals surface area contributed by atoms with Crippen molar-refractivity contribution in [2.75, 3.05) is 6.54 Å². The van der Waals surface area contributed by atoms with Crippen LogP contribution in [0.1, 0.15) is 26.7 Å². The predicted octanol–water partition coefficient (Wildman–Crippen LogP) is 0.0372. The molecule has 2 amide bonds. The van der Waals surface area contributed by atoms with Gasteiger partial charge in [0.1, 0.15) is 0 Å². The number of nitrogens with one attached hydrogen (secondary N) is 2. The van der Waals surface area contributed by atoms with Crippen molar-refractivity contribution < 1.29 is 9.59 Å². The van der Waals surface area contributed by atoms with Crippen molar-refractivity contribution in [3.8, 4) is 0 Å². The maximum Gasteiger partial charge on any atom is 0.239 e. The molecule has 0 fully saturated rings. The zero-order chi connectivity index (χ0) is 9.40. The average Bonchev–Trinajstić information content (AvgIpc) is 2.01. The summed E-state index contributed by atoms with van der Waals surface area (Å²) in [4.78, 5) is 20.8. The molecule has 4 heteroatoms. The van der Waals surface area contributed by atoms with Gasteiger partial charge in [0.2, 0.25) is 12.3 Å². The standard InChI is InChI=1S/C8H16N2O2/c1-3-4-7(2)10-8(12)5-9-6-11/h6-7H,3-5H2,1-2H3,(H,9,11)(H,10,12)/t7-/m1/s1. The van der Waals surface area contributed by atoms with Crippen LogP contribution in [0.25, 0.3) is 0 Å². The summed E-state index contributed by atoms with van der Waals surface area (Å²) in [6.07, 6.45) is 2.53. The highest BCUT2D eigenvalue weighted by atomic mass is 16.2. The summed E-state index contributed by atoms with van der Waals surface area (Å²) in [5, 5.41) is 5.06. The lowest BCUT2D eigenvalue weighted by Crippen LogP contribution is -2.38. The first-order valence-corrected chi connectivity index (χ1v) is 4.17. The third kappa shape index (κ3) is 5.70. The van der Waals surface area contributed by atoms with Crippen LogP contribution in [0.4, 0.5) is 0 Å². The molecule has 0 spiro atoms. The van der Waals surface area contributed by atoms with Crippen LogP contribution in [-0.2, 0) is 9.59 Å². The molecule has 1 atom stereocenters. The molecule has 12 heavy (non-hydrogen) atoms. The maximum atomic E-state index is 11.0. The summed E-state index contributed by atoms with van der Waals surface area (Å²) in [6.45, 7) is 4.08. The van der Waals surface area contributed by atoms with Gasteiger partial charge in [0.25, 0.3) is 0 Å². The largest absolute Gasteiger partial charge is 0.352 e. The van der Waals surface area contributed by atoms with E-state index >= 15 is 0 Å². The molecule has 2 N–H and O–H groups in total. The van der Waals surface area contributed by atoms with E-state index in [0.29, 0.717) is 6.41 Å². The van der Waals surface area contributed by atoms with E-state index in [1.54, 1.807) is 0 Å². The van der Waals surface area contributed by atoms with Crippen LogP contribution >= 0.6 is 0 Å². The summed E-state index contributed by atoms with van der Waals surface area (Å²) in [7, 11) is 0. The molecular formula is C8H16N2O2. The highest BCUT2D eigenvalue weighted by Crippen LogP contribution is 1.93. The lowest BCUT2D eigenvalue weighted by molar-refractivity contribution is -0.122. The zero-order valence-electron chi connectivity index (χ0n) is 7.59. The molecule has 0 aliphatic heterocycles. The Labute approximate surface area is 72.7 Å². The highest BCUT2D eigenvalue weighted by Gasteiger charge is 2.04. The van der Waals surface area contributed by atoms with E-state index in [9.17, 15) is 9.59 Å². The van der Waals surface area contributed by atoms with Crippen LogP contribution in [0, 0.1) is 0 Å². The third-order valence-corrected chi connectivity index (χ3v) is 1.48. The molecule has 0 aromatic rings. The Hall–Kier alpha value is -1.06. The van der Waals surface area contributed by atoms with Gasteiger partial charge in [-0.15, -0.1) is 0 Å². The third-order valence-electron chi connectivity index (χ3n) is 1.48. The van der Waals surface area contributed by atoms with E-state index in [1.165, 1.54) is 0 Å². The molecule has 0 radical (unpaired) electrons. The minimum Gasteiger partial charge on any atom is -0.352 e. The molecule has 0 heterocycles. The van der Waals surface area contributed by atoms with E-state index < -0.39 is 0 Å². The molecule has 0 aliphatic carbocycles. The van der Waals surface area contributed by atoms with Gasteiger partial charge in [-0.3, -0.25) is 9.59 Å². The Balaban J connectivity index is 3.46. The Bertz CT molecular complexity index is 148. The zero-order valence-corrected chi connectivity index (χ0v) is 7.59. The molecular weight excluding hydrogens is 156 g/mol. The minimum atomic E-state index is -0.136. The van der Waals surface area contributed by atoms with E-state index in [-0.39, 0.29) is 18.5 Å². The van der Waals surface area contributed by atoms with Crippen molar-refractivity contribution >= 4 is 12.3 Å². The van der Waals surface area contributed by atoms with Crippen LogP contribution in [0.15, 0.2) is 0 Å². The lowest BCUT2D eigenvalue weighted by Gasteiger charge is -2.11. The number of amides is 2. The van der Waals surface area contributed by atoms with Crippen LogP contribution in [0.5, 0.6) is 0 Å². The Morgan fingerprint density at radius 1 is 1.58 bits per heavy atom. The van der Waals surface area contributed by atoms with Crippen molar-refractivity contribution in [2.45, 2.75) is 32.7 Å². The molecule has 0 rings (SSSR count). The van der Waals surface area contributed by atoms with E-state index in [1.807, 2.05) is 6.92 Å². The van der Waals surface area contributed by atoms with Gasteiger partial charge in [0.15, 0.2) is 0 Å². The van der Waals surface area contributed by atoms with Crippen LogP contribution in [0.3, 0.4) is 0 Å². The van der Waals surface area contributed by atoms with Gasteiger partial charge in [0.05, 0.1) is 6.54 Å². The smallest absolute Gasteiger partial charge is 0.239 e. The molecule has 70 valence electrons. The predicted molar refractivity (Wildman–Crippen MR) is 46.6 cm³/mol. The molecule has 0 bridgehead atoms. The highest BCUT2D eigenvalue weighted by molar-refractivity contribution is 5.79. The fraction of sp³-hybridized carbons (Fsp3) is 0.750. The van der Waals surface area contributed by atoms with Gasteiger partial charge < -0.3 is 10.6 Å². The molecule has 0 aromatic carbocycles. The van der Waals surface area contributed by atoms with Crippen LogP contribution < -0.4 is 10.6 Å². The van der Waals surface area contributed by atoms with Crippen molar-refractivity contribution in [3.05, 3.63) is 0 Å². The SMILES string of the molecule is CCC[C@@H](C)NC(=O)CNC=O. The van der Waals surface area contributed by atoms with Gasteiger partial charge in [-0.25, -0.2) is 0 Å². The van der Waals surface area contributed by atoms with Crippen LogP contribution in [-0.4, -0.2) is 24.9 Å². The molecule has 0 saturated heterocycles. The molecule has 4 nitrogen and oxygen atoms in total. The first-order valence-electron chi connectivity index (χ1n) is 4.17. The second-order valence-corrected chi connectivity index (χ2v) is 2.76. The van der Waals surface area contributed by atoms with Gasteiger partial charge in [-0.05, 0) is 13.3 Å². The Morgan fingerprint density at radius 2 is 2.25 bits per heavy atom. The van der Waals surface area contributed by atoms with Crippen molar-refractivity contribution in [1.82, 2.24) is 10.6 Å².